The molecule has 1 aromatic rings. The van der Waals surface area contributed by atoms with Gasteiger partial charge in [0.25, 0.3) is 0 Å². The van der Waals surface area contributed by atoms with E-state index in [9.17, 15) is 0 Å². The summed E-state index contributed by atoms with van der Waals surface area (Å²) in [6, 6.07) is 7.35. The van der Waals surface area contributed by atoms with Gasteiger partial charge in [-0.1, -0.05) is 22.4 Å². The molecular weight excluding hydrogens is 276 g/mol. The lowest BCUT2D eigenvalue weighted by Gasteiger charge is -2.02. The van der Waals surface area contributed by atoms with Crippen molar-refractivity contribution in [3.8, 4) is 0 Å². The predicted molar refractivity (Wildman–Crippen MR) is 65.8 cm³/mol. The van der Waals surface area contributed by atoms with Crippen LogP contribution in [-0.2, 0) is 0 Å². The molecule has 16 heavy (non-hydrogen) atoms. The average molecular weight is 285 g/mol. The van der Waals surface area contributed by atoms with Crippen molar-refractivity contribution in [2.45, 2.75) is 0 Å². The highest BCUT2D eigenvalue weighted by Gasteiger charge is 1.96. The van der Waals surface area contributed by atoms with Gasteiger partial charge in [-0.2, -0.15) is 5.10 Å². The number of oxime groups is 2. The number of rotatable bonds is 4. The maximum Gasteiger partial charge on any atom is 0.127 e. The van der Waals surface area contributed by atoms with Crippen molar-refractivity contribution in [3.05, 3.63) is 28.7 Å². The zero-order chi connectivity index (χ0) is 11.8. The summed E-state index contributed by atoms with van der Waals surface area (Å²) in [4.78, 5) is 0. The molecule has 6 nitrogen and oxygen atoms in total. The molecule has 0 unspecified atom stereocenters. The lowest BCUT2D eigenvalue weighted by Crippen LogP contribution is -2.05. The Morgan fingerprint density at radius 3 is 2.38 bits per heavy atom. The van der Waals surface area contributed by atoms with Crippen molar-refractivity contribution in [2.75, 3.05) is 5.43 Å². The number of halogens is 1. The van der Waals surface area contributed by atoms with Gasteiger partial charge in [0.2, 0.25) is 0 Å². The molecule has 3 N–H and O–H groups in total. The molecule has 84 valence electrons. The first-order valence-corrected chi connectivity index (χ1v) is 5.00. The standard InChI is InChI=1S/C9H9BrN4O2/c10-8-3-1-2-4-9(8)14-13-7(5-11-15)6-12-16/h1-6,14-16H/b11-5-,12-6-. The highest BCUT2D eigenvalue weighted by Crippen LogP contribution is 2.20. The minimum Gasteiger partial charge on any atom is -0.411 e. The maximum absolute atomic E-state index is 8.32. The molecule has 0 saturated heterocycles. The van der Waals surface area contributed by atoms with E-state index in [0.717, 1.165) is 22.6 Å². The van der Waals surface area contributed by atoms with Gasteiger partial charge >= 0.3 is 0 Å². The lowest BCUT2D eigenvalue weighted by atomic mass is 10.3. The SMILES string of the molecule is O/N=C\C(/C=N\O)=NNc1ccccc1Br. The zero-order valence-corrected chi connectivity index (χ0v) is 9.66. The van der Waals surface area contributed by atoms with Crippen LogP contribution in [0.2, 0.25) is 0 Å². The Morgan fingerprint density at radius 2 is 1.81 bits per heavy atom. The van der Waals surface area contributed by atoms with Gasteiger partial charge in [-0.05, 0) is 28.1 Å². The van der Waals surface area contributed by atoms with E-state index in [0.29, 0.717) is 0 Å². The first-order valence-electron chi connectivity index (χ1n) is 4.21. The average Bonchev–Trinajstić information content (AvgIpc) is 2.28. The fraction of sp³-hybridized carbons (Fsp3) is 0. The lowest BCUT2D eigenvalue weighted by molar-refractivity contribution is 0.321. The zero-order valence-electron chi connectivity index (χ0n) is 8.08. The number of hydrazone groups is 1. The number of nitrogens with zero attached hydrogens (tertiary/aromatic N) is 3. The third-order valence-corrected chi connectivity index (χ3v) is 2.25. The van der Waals surface area contributed by atoms with Gasteiger partial charge < -0.3 is 10.4 Å². The Labute approximate surface area is 100 Å². The summed E-state index contributed by atoms with van der Waals surface area (Å²) in [5.41, 5.74) is 3.62. The smallest absolute Gasteiger partial charge is 0.127 e. The third kappa shape index (κ3) is 3.70. The molecule has 0 bridgehead atoms. The quantitative estimate of drug-likeness (QED) is 0.449. The number of nitrogens with one attached hydrogen (secondary N) is 1. The van der Waals surface area contributed by atoms with Crippen LogP contribution in [0.5, 0.6) is 0 Å². The third-order valence-electron chi connectivity index (χ3n) is 1.56. The van der Waals surface area contributed by atoms with Crippen LogP contribution in [0.4, 0.5) is 5.69 Å². The van der Waals surface area contributed by atoms with Crippen LogP contribution in [0.3, 0.4) is 0 Å². The van der Waals surface area contributed by atoms with Gasteiger partial charge in [-0.25, -0.2) is 0 Å². The number of hydrogen-bond donors (Lipinski definition) is 3. The van der Waals surface area contributed by atoms with E-state index < -0.39 is 0 Å². The summed E-state index contributed by atoms with van der Waals surface area (Å²) in [5, 5.41) is 26.1. The molecule has 0 aliphatic rings. The number of benzene rings is 1. The Balaban J connectivity index is 2.81. The Hall–Kier alpha value is -1.89. The molecule has 0 aliphatic heterocycles. The molecule has 0 aliphatic carbocycles. The van der Waals surface area contributed by atoms with Crippen LogP contribution in [0.1, 0.15) is 0 Å². The van der Waals surface area contributed by atoms with Crippen molar-refractivity contribution >= 4 is 39.8 Å². The van der Waals surface area contributed by atoms with Crippen molar-refractivity contribution in [1.29, 1.82) is 0 Å². The molecule has 0 heterocycles. The van der Waals surface area contributed by atoms with Crippen LogP contribution in [0.25, 0.3) is 0 Å². The summed E-state index contributed by atoms with van der Waals surface area (Å²) >= 11 is 3.33. The van der Waals surface area contributed by atoms with Crippen LogP contribution >= 0.6 is 15.9 Å². The maximum atomic E-state index is 8.32. The largest absolute Gasteiger partial charge is 0.411 e. The summed E-state index contributed by atoms with van der Waals surface area (Å²) in [6.07, 6.45) is 2.06. The van der Waals surface area contributed by atoms with Crippen molar-refractivity contribution < 1.29 is 10.4 Å². The summed E-state index contributed by atoms with van der Waals surface area (Å²) in [5.74, 6) is 0. The van der Waals surface area contributed by atoms with Crippen molar-refractivity contribution in [2.24, 2.45) is 15.4 Å². The Bertz CT molecular complexity index is 417. The van der Waals surface area contributed by atoms with E-state index in [2.05, 4.69) is 36.8 Å². The molecule has 0 atom stereocenters. The summed E-state index contributed by atoms with van der Waals surface area (Å²) in [7, 11) is 0. The van der Waals surface area contributed by atoms with Gasteiger partial charge in [-0.15, -0.1) is 0 Å². The molecule has 0 radical (unpaired) electrons. The van der Waals surface area contributed by atoms with E-state index in [1.54, 1.807) is 6.07 Å². The van der Waals surface area contributed by atoms with E-state index in [1.807, 2.05) is 18.2 Å². The molecular formula is C9H9BrN4O2. The van der Waals surface area contributed by atoms with E-state index >= 15 is 0 Å². The number of hydrogen-bond acceptors (Lipinski definition) is 6. The second-order valence-corrected chi connectivity index (χ2v) is 3.47. The summed E-state index contributed by atoms with van der Waals surface area (Å²) < 4.78 is 0.833. The van der Waals surface area contributed by atoms with E-state index in [4.69, 9.17) is 10.4 Å². The van der Waals surface area contributed by atoms with Crippen LogP contribution in [-0.4, -0.2) is 28.6 Å². The summed E-state index contributed by atoms with van der Waals surface area (Å²) in [6.45, 7) is 0. The monoisotopic (exact) mass is 284 g/mol. The van der Waals surface area contributed by atoms with Crippen LogP contribution in [0, 0.1) is 0 Å². The van der Waals surface area contributed by atoms with Gasteiger partial charge in [0.15, 0.2) is 0 Å². The molecule has 0 saturated carbocycles. The Morgan fingerprint density at radius 1 is 1.19 bits per heavy atom. The van der Waals surface area contributed by atoms with Crippen molar-refractivity contribution in [1.82, 2.24) is 0 Å². The number of anilines is 1. The minimum atomic E-state index is 0.167. The van der Waals surface area contributed by atoms with Gasteiger partial charge in [0.1, 0.15) is 5.71 Å². The van der Waals surface area contributed by atoms with Crippen molar-refractivity contribution in [3.63, 3.8) is 0 Å². The molecule has 0 fully saturated rings. The van der Waals surface area contributed by atoms with E-state index in [-0.39, 0.29) is 5.71 Å². The molecule has 1 aromatic carbocycles. The molecule has 0 amide bonds. The Kier molecular flexibility index (Phi) is 5.00. The first-order chi connectivity index (χ1) is 7.77. The highest BCUT2D eigenvalue weighted by atomic mass is 79.9. The van der Waals surface area contributed by atoms with Gasteiger partial charge in [0.05, 0.1) is 18.1 Å². The molecule has 7 heteroatoms. The predicted octanol–water partition coefficient (Wildman–Crippen LogP) is 2.14. The topological polar surface area (TPSA) is 89.6 Å². The fourth-order valence-electron chi connectivity index (χ4n) is 0.886. The molecule has 1 rings (SSSR count). The van der Waals surface area contributed by atoms with Crippen LogP contribution < -0.4 is 5.43 Å². The molecule has 0 spiro atoms. The fourth-order valence-corrected chi connectivity index (χ4v) is 1.26. The molecule has 0 aromatic heterocycles. The number of para-hydroxylation sites is 1. The normalized spacial score (nSPS) is 10.8. The van der Waals surface area contributed by atoms with Gasteiger partial charge in [0, 0.05) is 4.47 Å². The van der Waals surface area contributed by atoms with Gasteiger partial charge in [-0.3, -0.25) is 5.43 Å². The second kappa shape index (κ2) is 6.57. The first kappa shape index (κ1) is 12.2. The minimum absolute atomic E-state index is 0.167. The van der Waals surface area contributed by atoms with Crippen LogP contribution in [0.15, 0.2) is 44.2 Å². The second-order valence-electron chi connectivity index (χ2n) is 2.62. The van der Waals surface area contributed by atoms with E-state index in [1.165, 1.54) is 0 Å². The highest BCUT2D eigenvalue weighted by molar-refractivity contribution is 9.10.